The Morgan fingerprint density at radius 2 is 1.73 bits per heavy atom. The van der Waals surface area contributed by atoms with Gasteiger partial charge in [0.25, 0.3) is 0 Å². The van der Waals surface area contributed by atoms with Gasteiger partial charge in [0.05, 0.1) is 5.69 Å². The fraction of sp³-hybridized carbons (Fsp3) is 0.130. The molecule has 0 atom stereocenters. The SMILES string of the molecule is CC1(C)c2cccnc2-c2ccc3oc4ccc5ccncc5c4c3c21. The predicted octanol–water partition coefficient (Wildman–Crippen LogP) is 5.84. The lowest BCUT2D eigenvalue weighted by Crippen LogP contribution is -2.15. The quantitative estimate of drug-likeness (QED) is 0.357. The number of rotatable bonds is 0. The summed E-state index contributed by atoms with van der Waals surface area (Å²) in [6.07, 6.45) is 5.66. The van der Waals surface area contributed by atoms with Crippen LogP contribution in [0.4, 0.5) is 0 Å². The topological polar surface area (TPSA) is 38.9 Å². The molecule has 0 saturated heterocycles. The van der Waals surface area contributed by atoms with Crippen molar-refractivity contribution in [3.63, 3.8) is 0 Å². The molecule has 0 saturated carbocycles. The van der Waals surface area contributed by atoms with Gasteiger partial charge in [0.15, 0.2) is 0 Å². The van der Waals surface area contributed by atoms with Gasteiger partial charge in [-0.25, -0.2) is 0 Å². The van der Waals surface area contributed by atoms with Crippen molar-refractivity contribution in [2.24, 2.45) is 0 Å². The molecule has 124 valence electrons. The minimum atomic E-state index is -0.125. The van der Waals surface area contributed by atoms with E-state index in [1.807, 2.05) is 24.7 Å². The second kappa shape index (κ2) is 4.50. The Hall–Kier alpha value is -3.20. The van der Waals surface area contributed by atoms with Gasteiger partial charge < -0.3 is 4.42 Å². The van der Waals surface area contributed by atoms with Crippen LogP contribution in [0.5, 0.6) is 0 Å². The van der Waals surface area contributed by atoms with Gasteiger partial charge in [0, 0.05) is 45.7 Å². The fourth-order valence-corrected chi connectivity index (χ4v) is 4.62. The van der Waals surface area contributed by atoms with E-state index in [0.717, 1.165) is 27.6 Å². The number of fused-ring (bicyclic) bond motifs is 9. The van der Waals surface area contributed by atoms with E-state index in [1.54, 1.807) is 0 Å². The van der Waals surface area contributed by atoms with E-state index in [0.29, 0.717) is 0 Å². The molecule has 0 bridgehead atoms. The highest BCUT2D eigenvalue weighted by molar-refractivity contribution is 6.21. The third-order valence-corrected chi connectivity index (χ3v) is 5.78. The zero-order chi connectivity index (χ0) is 17.5. The van der Waals surface area contributed by atoms with Gasteiger partial charge in [-0.2, -0.15) is 0 Å². The number of furan rings is 1. The number of hydrogen-bond acceptors (Lipinski definition) is 3. The Morgan fingerprint density at radius 1 is 0.885 bits per heavy atom. The lowest BCUT2D eigenvalue weighted by Gasteiger charge is -2.21. The van der Waals surface area contributed by atoms with Crippen LogP contribution in [0.1, 0.15) is 25.0 Å². The summed E-state index contributed by atoms with van der Waals surface area (Å²) >= 11 is 0. The molecule has 0 radical (unpaired) electrons. The summed E-state index contributed by atoms with van der Waals surface area (Å²) < 4.78 is 6.23. The standard InChI is InChI=1S/C23H16N2O/c1-23(2)16-4-3-10-25-22(16)14-6-8-18-20(21(14)23)19-15-12-24-11-9-13(15)5-7-17(19)26-18/h3-12H,1-2H3. The van der Waals surface area contributed by atoms with Crippen LogP contribution < -0.4 is 0 Å². The first-order chi connectivity index (χ1) is 12.7. The van der Waals surface area contributed by atoms with Gasteiger partial charge >= 0.3 is 0 Å². The Kier molecular flexibility index (Phi) is 2.42. The van der Waals surface area contributed by atoms with Crippen molar-refractivity contribution in [2.75, 3.05) is 0 Å². The molecule has 2 aromatic carbocycles. The molecule has 5 aromatic rings. The molecule has 3 aromatic heterocycles. The smallest absolute Gasteiger partial charge is 0.136 e. The van der Waals surface area contributed by atoms with Gasteiger partial charge in [0.1, 0.15) is 11.2 Å². The van der Waals surface area contributed by atoms with Crippen LogP contribution in [0.15, 0.2) is 65.5 Å². The molecule has 0 amide bonds. The van der Waals surface area contributed by atoms with Crippen LogP contribution in [-0.4, -0.2) is 9.97 Å². The van der Waals surface area contributed by atoms with Crippen molar-refractivity contribution in [3.8, 4) is 11.3 Å². The molecule has 0 aliphatic heterocycles. The first-order valence-electron chi connectivity index (χ1n) is 8.84. The van der Waals surface area contributed by atoms with Crippen molar-refractivity contribution in [1.29, 1.82) is 0 Å². The summed E-state index contributed by atoms with van der Waals surface area (Å²) in [6, 6.07) is 14.7. The summed E-state index contributed by atoms with van der Waals surface area (Å²) in [4.78, 5) is 9.05. The molecule has 6 rings (SSSR count). The molecule has 26 heavy (non-hydrogen) atoms. The molecule has 1 aliphatic carbocycles. The number of hydrogen-bond donors (Lipinski definition) is 0. The largest absolute Gasteiger partial charge is 0.456 e. The van der Waals surface area contributed by atoms with E-state index in [4.69, 9.17) is 4.42 Å². The summed E-state index contributed by atoms with van der Waals surface area (Å²) in [5, 5.41) is 4.67. The van der Waals surface area contributed by atoms with Gasteiger partial charge in [-0.05, 0) is 46.8 Å². The highest BCUT2D eigenvalue weighted by atomic mass is 16.3. The maximum Gasteiger partial charge on any atom is 0.136 e. The maximum atomic E-state index is 6.23. The second-order valence-corrected chi connectivity index (χ2v) is 7.52. The van der Waals surface area contributed by atoms with E-state index in [9.17, 15) is 0 Å². The number of aromatic nitrogens is 2. The van der Waals surface area contributed by atoms with Gasteiger partial charge in [-0.3, -0.25) is 9.97 Å². The van der Waals surface area contributed by atoms with Crippen LogP contribution in [0.25, 0.3) is 44.0 Å². The van der Waals surface area contributed by atoms with E-state index in [2.05, 4.69) is 60.2 Å². The summed E-state index contributed by atoms with van der Waals surface area (Å²) in [5.74, 6) is 0. The van der Waals surface area contributed by atoms with Gasteiger partial charge in [-0.1, -0.05) is 26.0 Å². The molecule has 0 spiro atoms. The van der Waals surface area contributed by atoms with E-state index < -0.39 is 0 Å². The molecule has 1 aliphatic rings. The first-order valence-corrected chi connectivity index (χ1v) is 8.84. The van der Waals surface area contributed by atoms with Crippen LogP contribution in [0.2, 0.25) is 0 Å². The molecular formula is C23H16N2O. The van der Waals surface area contributed by atoms with E-state index in [1.165, 1.54) is 27.5 Å². The second-order valence-electron chi connectivity index (χ2n) is 7.52. The molecular weight excluding hydrogens is 320 g/mol. The van der Waals surface area contributed by atoms with Crippen LogP contribution >= 0.6 is 0 Å². The summed E-state index contributed by atoms with van der Waals surface area (Å²) in [6.45, 7) is 4.56. The van der Waals surface area contributed by atoms with Crippen molar-refractivity contribution in [3.05, 3.63) is 72.2 Å². The molecule has 0 N–H and O–H groups in total. The van der Waals surface area contributed by atoms with Crippen LogP contribution in [0.3, 0.4) is 0 Å². The zero-order valence-electron chi connectivity index (χ0n) is 14.6. The molecule has 3 heterocycles. The maximum absolute atomic E-state index is 6.23. The Labute approximate surface area is 150 Å². The summed E-state index contributed by atoms with van der Waals surface area (Å²) in [5.41, 5.74) is 6.59. The monoisotopic (exact) mass is 336 g/mol. The molecule has 3 nitrogen and oxygen atoms in total. The normalized spacial score (nSPS) is 14.8. The minimum absolute atomic E-state index is 0.125. The lowest BCUT2D eigenvalue weighted by molar-refractivity contribution is 0.656. The first kappa shape index (κ1) is 14.0. The highest BCUT2D eigenvalue weighted by Gasteiger charge is 2.39. The number of benzene rings is 2. The van der Waals surface area contributed by atoms with Gasteiger partial charge in [-0.15, -0.1) is 0 Å². The third-order valence-electron chi connectivity index (χ3n) is 5.78. The van der Waals surface area contributed by atoms with Crippen molar-refractivity contribution >= 4 is 32.7 Å². The summed E-state index contributed by atoms with van der Waals surface area (Å²) in [7, 11) is 0. The number of pyridine rings is 2. The zero-order valence-corrected chi connectivity index (χ0v) is 14.6. The average molecular weight is 336 g/mol. The fourth-order valence-electron chi connectivity index (χ4n) is 4.62. The Bertz CT molecular complexity index is 1360. The molecule has 0 fully saturated rings. The Balaban J connectivity index is 1.89. The lowest BCUT2D eigenvalue weighted by atomic mass is 9.80. The van der Waals surface area contributed by atoms with Crippen LogP contribution in [0, 0.1) is 0 Å². The van der Waals surface area contributed by atoms with Crippen LogP contribution in [-0.2, 0) is 5.41 Å². The minimum Gasteiger partial charge on any atom is -0.456 e. The Morgan fingerprint density at radius 3 is 2.65 bits per heavy atom. The van der Waals surface area contributed by atoms with E-state index >= 15 is 0 Å². The van der Waals surface area contributed by atoms with Crippen molar-refractivity contribution in [1.82, 2.24) is 9.97 Å². The average Bonchev–Trinajstić information content (AvgIpc) is 3.15. The van der Waals surface area contributed by atoms with E-state index in [-0.39, 0.29) is 5.41 Å². The van der Waals surface area contributed by atoms with Gasteiger partial charge in [0.2, 0.25) is 0 Å². The number of nitrogens with zero attached hydrogens (tertiary/aromatic N) is 2. The highest BCUT2D eigenvalue weighted by Crippen LogP contribution is 2.52. The van der Waals surface area contributed by atoms with Crippen molar-refractivity contribution in [2.45, 2.75) is 19.3 Å². The predicted molar refractivity (Wildman–Crippen MR) is 104 cm³/mol. The third kappa shape index (κ3) is 1.54. The van der Waals surface area contributed by atoms with Crippen molar-refractivity contribution < 1.29 is 4.42 Å². The molecule has 0 unspecified atom stereocenters. The molecule has 3 heteroatoms.